The summed E-state index contributed by atoms with van der Waals surface area (Å²) in [5.74, 6) is -0.307. The molecule has 0 aliphatic carbocycles. The Balaban J connectivity index is 2.52. The van der Waals surface area contributed by atoms with Gasteiger partial charge in [-0.15, -0.1) is 11.3 Å². The summed E-state index contributed by atoms with van der Waals surface area (Å²) >= 11 is 1.53. The molecular formula is C9H15N3OS. The second-order valence-electron chi connectivity index (χ2n) is 3.90. The van der Waals surface area contributed by atoms with Crippen LogP contribution in [0.4, 0.5) is 5.13 Å². The first-order valence-corrected chi connectivity index (χ1v) is 5.26. The van der Waals surface area contributed by atoms with Gasteiger partial charge >= 0.3 is 0 Å². The molecule has 0 bridgehead atoms. The summed E-state index contributed by atoms with van der Waals surface area (Å²) in [6.45, 7) is 6.06. The highest BCUT2D eigenvalue weighted by Crippen LogP contribution is 2.19. The lowest BCUT2D eigenvalue weighted by atomic mass is 9.93. The van der Waals surface area contributed by atoms with E-state index in [1.807, 2.05) is 26.2 Å². The third-order valence-corrected chi connectivity index (χ3v) is 2.89. The molecule has 0 fully saturated rings. The minimum atomic E-state index is -0.542. The molecule has 5 heteroatoms. The Bertz CT molecular complexity index is 333. The fourth-order valence-electron chi connectivity index (χ4n) is 0.819. The number of aryl methyl sites for hydroxylation is 1. The second kappa shape index (κ2) is 3.96. The van der Waals surface area contributed by atoms with Crippen molar-refractivity contribution >= 4 is 22.4 Å². The molecule has 0 unspecified atom stereocenters. The van der Waals surface area contributed by atoms with Gasteiger partial charge in [0, 0.05) is 11.9 Å². The number of nitrogens with zero attached hydrogens (tertiary/aromatic N) is 1. The number of hydrogen-bond donors (Lipinski definition) is 2. The molecule has 0 aliphatic rings. The van der Waals surface area contributed by atoms with Crippen LogP contribution in [0.25, 0.3) is 0 Å². The first-order chi connectivity index (χ1) is 6.42. The van der Waals surface area contributed by atoms with E-state index in [-0.39, 0.29) is 5.91 Å². The molecule has 14 heavy (non-hydrogen) atoms. The lowest BCUT2D eigenvalue weighted by molar-refractivity contribution is -0.125. The van der Waals surface area contributed by atoms with Crippen LogP contribution in [-0.2, 0) is 4.79 Å². The van der Waals surface area contributed by atoms with Crippen molar-refractivity contribution in [1.82, 2.24) is 4.98 Å². The molecule has 3 N–H and O–H groups in total. The van der Waals surface area contributed by atoms with Crippen molar-refractivity contribution in [3.8, 4) is 0 Å². The number of carbonyl (C=O) groups is 1. The van der Waals surface area contributed by atoms with Crippen LogP contribution in [0.5, 0.6) is 0 Å². The number of aromatic nitrogens is 1. The molecule has 1 heterocycles. The van der Waals surface area contributed by atoms with Crippen molar-refractivity contribution in [1.29, 1.82) is 0 Å². The van der Waals surface area contributed by atoms with Crippen molar-refractivity contribution in [2.24, 2.45) is 11.1 Å². The van der Waals surface area contributed by atoms with E-state index in [2.05, 4.69) is 10.3 Å². The Morgan fingerprint density at radius 3 is 2.79 bits per heavy atom. The summed E-state index contributed by atoms with van der Waals surface area (Å²) in [5, 5.41) is 5.88. The summed E-state index contributed by atoms with van der Waals surface area (Å²) in [4.78, 5) is 15.2. The van der Waals surface area contributed by atoms with Gasteiger partial charge in [0.15, 0.2) is 5.13 Å². The quantitative estimate of drug-likeness (QED) is 0.793. The Morgan fingerprint density at radius 2 is 2.36 bits per heavy atom. The van der Waals surface area contributed by atoms with E-state index in [0.717, 1.165) is 10.8 Å². The van der Waals surface area contributed by atoms with Crippen molar-refractivity contribution in [2.75, 3.05) is 11.9 Å². The van der Waals surface area contributed by atoms with Gasteiger partial charge < -0.3 is 11.1 Å². The van der Waals surface area contributed by atoms with Gasteiger partial charge in [-0.25, -0.2) is 4.98 Å². The highest BCUT2D eigenvalue weighted by Gasteiger charge is 2.24. The van der Waals surface area contributed by atoms with Gasteiger partial charge in [0.05, 0.1) is 11.1 Å². The number of anilines is 1. The predicted molar refractivity (Wildman–Crippen MR) is 58.3 cm³/mol. The van der Waals surface area contributed by atoms with Crippen LogP contribution >= 0.6 is 11.3 Å². The number of amides is 1. The zero-order chi connectivity index (χ0) is 10.8. The van der Waals surface area contributed by atoms with Crippen molar-refractivity contribution in [3.05, 3.63) is 11.1 Å². The zero-order valence-corrected chi connectivity index (χ0v) is 9.44. The summed E-state index contributed by atoms with van der Waals surface area (Å²) in [7, 11) is 0. The molecule has 78 valence electrons. The first kappa shape index (κ1) is 11.0. The molecule has 1 aromatic heterocycles. The zero-order valence-electron chi connectivity index (χ0n) is 8.63. The number of nitrogens with two attached hydrogens (primary N) is 1. The normalized spacial score (nSPS) is 11.4. The molecule has 1 aromatic rings. The van der Waals surface area contributed by atoms with Gasteiger partial charge in [0.1, 0.15) is 0 Å². The fourth-order valence-corrected chi connectivity index (χ4v) is 1.51. The number of primary amides is 1. The lowest BCUT2D eigenvalue weighted by Crippen LogP contribution is -2.37. The van der Waals surface area contributed by atoms with E-state index >= 15 is 0 Å². The van der Waals surface area contributed by atoms with E-state index in [1.165, 1.54) is 11.3 Å². The lowest BCUT2D eigenvalue weighted by Gasteiger charge is -2.20. The van der Waals surface area contributed by atoms with Crippen molar-refractivity contribution in [2.45, 2.75) is 20.8 Å². The van der Waals surface area contributed by atoms with Crippen LogP contribution in [0.15, 0.2) is 5.38 Å². The topological polar surface area (TPSA) is 68.0 Å². The maximum absolute atomic E-state index is 11.0. The van der Waals surface area contributed by atoms with Crippen LogP contribution in [0.2, 0.25) is 0 Å². The molecule has 4 nitrogen and oxygen atoms in total. The molecule has 0 radical (unpaired) electrons. The van der Waals surface area contributed by atoms with Crippen LogP contribution in [0, 0.1) is 12.3 Å². The Labute approximate surface area is 87.5 Å². The van der Waals surface area contributed by atoms with Gasteiger partial charge in [0.25, 0.3) is 0 Å². The summed E-state index contributed by atoms with van der Waals surface area (Å²) in [5.41, 5.74) is 5.68. The third-order valence-electron chi connectivity index (χ3n) is 1.97. The molecular weight excluding hydrogens is 198 g/mol. The maximum Gasteiger partial charge on any atom is 0.224 e. The number of hydrogen-bond acceptors (Lipinski definition) is 4. The third kappa shape index (κ3) is 2.70. The fraction of sp³-hybridized carbons (Fsp3) is 0.556. The Morgan fingerprint density at radius 1 is 1.71 bits per heavy atom. The van der Waals surface area contributed by atoms with E-state index in [4.69, 9.17) is 5.73 Å². The molecule has 0 atom stereocenters. The van der Waals surface area contributed by atoms with Crippen molar-refractivity contribution in [3.63, 3.8) is 0 Å². The molecule has 0 spiro atoms. The Kier molecular flexibility index (Phi) is 3.10. The highest BCUT2D eigenvalue weighted by atomic mass is 32.1. The van der Waals surface area contributed by atoms with Crippen LogP contribution in [0.1, 0.15) is 19.5 Å². The summed E-state index contributed by atoms with van der Waals surface area (Å²) < 4.78 is 0. The van der Waals surface area contributed by atoms with Gasteiger partial charge in [-0.2, -0.15) is 0 Å². The number of rotatable bonds is 4. The highest BCUT2D eigenvalue weighted by molar-refractivity contribution is 7.13. The van der Waals surface area contributed by atoms with E-state index in [0.29, 0.717) is 6.54 Å². The van der Waals surface area contributed by atoms with E-state index in [1.54, 1.807) is 0 Å². The maximum atomic E-state index is 11.0. The number of nitrogens with one attached hydrogen (secondary N) is 1. The summed E-state index contributed by atoms with van der Waals surface area (Å²) in [6, 6.07) is 0. The first-order valence-electron chi connectivity index (χ1n) is 4.38. The van der Waals surface area contributed by atoms with Gasteiger partial charge in [-0.05, 0) is 20.8 Å². The molecule has 1 rings (SSSR count). The summed E-state index contributed by atoms with van der Waals surface area (Å²) in [6.07, 6.45) is 0. The number of thiazole rings is 1. The molecule has 0 saturated heterocycles. The minimum absolute atomic E-state index is 0.307. The van der Waals surface area contributed by atoms with Crippen LogP contribution < -0.4 is 11.1 Å². The monoisotopic (exact) mass is 213 g/mol. The van der Waals surface area contributed by atoms with E-state index < -0.39 is 5.41 Å². The predicted octanol–water partition coefficient (Wildman–Crippen LogP) is 1.37. The van der Waals surface area contributed by atoms with Gasteiger partial charge in [0.2, 0.25) is 5.91 Å². The van der Waals surface area contributed by atoms with Crippen LogP contribution in [-0.4, -0.2) is 17.4 Å². The average Bonchev–Trinajstić information content (AvgIpc) is 2.48. The second-order valence-corrected chi connectivity index (χ2v) is 4.75. The SMILES string of the molecule is Cc1csc(NCC(C)(C)C(N)=O)n1. The smallest absolute Gasteiger partial charge is 0.224 e. The minimum Gasteiger partial charge on any atom is -0.369 e. The largest absolute Gasteiger partial charge is 0.369 e. The Hall–Kier alpha value is -1.10. The van der Waals surface area contributed by atoms with Gasteiger partial charge in [-0.1, -0.05) is 0 Å². The van der Waals surface area contributed by atoms with E-state index in [9.17, 15) is 4.79 Å². The number of carbonyl (C=O) groups excluding carboxylic acids is 1. The standard InChI is InChI=1S/C9H15N3OS/c1-6-4-14-8(12-6)11-5-9(2,3)7(10)13/h4H,5H2,1-3H3,(H2,10,13)(H,11,12). The molecule has 1 amide bonds. The molecule has 0 aliphatic heterocycles. The molecule has 0 aromatic carbocycles. The molecule has 0 saturated carbocycles. The van der Waals surface area contributed by atoms with Crippen molar-refractivity contribution < 1.29 is 4.79 Å². The van der Waals surface area contributed by atoms with Gasteiger partial charge in [-0.3, -0.25) is 4.79 Å². The van der Waals surface area contributed by atoms with Crippen LogP contribution in [0.3, 0.4) is 0 Å². The average molecular weight is 213 g/mol.